The number of nitrogens with two attached hydrogens (primary N) is 2. The first kappa shape index (κ1) is 8.90. The lowest BCUT2D eigenvalue weighted by Crippen LogP contribution is -2.34. The molecule has 0 radical (unpaired) electrons. The lowest BCUT2D eigenvalue weighted by molar-refractivity contribution is -0.138. The number of nitrogens with one attached hydrogen (secondary N) is 1. The van der Waals surface area contributed by atoms with Crippen molar-refractivity contribution >= 4 is 7.59 Å². The van der Waals surface area contributed by atoms with Gasteiger partial charge in [-0.2, -0.15) is 18.3 Å². The van der Waals surface area contributed by atoms with Gasteiger partial charge in [0.2, 0.25) is 0 Å². The maximum Gasteiger partial charge on any atom is 0.464 e. The smallest absolute Gasteiger partial charge is 0.271 e. The Balaban J connectivity index is 3.90. The van der Waals surface area contributed by atoms with E-state index in [0.717, 1.165) is 0 Å². The van der Waals surface area contributed by atoms with Gasteiger partial charge >= 0.3 is 6.30 Å². The summed E-state index contributed by atoms with van der Waals surface area (Å²) in [5.74, 6) is 0. The van der Waals surface area contributed by atoms with E-state index in [1.807, 2.05) is 0 Å². The third-order valence-corrected chi connectivity index (χ3v) is 0.905. The zero-order valence-corrected chi connectivity index (χ0v) is 5.04. The minimum Gasteiger partial charge on any atom is -0.271 e. The van der Waals surface area contributed by atoms with Crippen molar-refractivity contribution in [3.8, 4) is 0 Å². The first-order chi connectivity index (χ1) is 3.71. The van der Waals surface area contributed by atoms with Gasteiger partial charge in [0.05, 0.1) is 0 Å². The van der Waals surface area contributed by atoms with E-state index in [4.69, 9.17) is 0 Å². The van der Waals surface area contributed by atoms with Crippen molar-refractivity contribution in [2.45, 2.75) is 6.30 Å². The van der Waals surface area contributed by atoms with Crippen molar-refractivity contribution in [1.82, 2.24) is 5.09 Å². The maximum atomic E-state index is 11.1. The summed E-state index contributed by atoms with van der Waals surface area (Å²) in [6, 6.07) is 0. The zero-order chi connectivity index (χ0) is 7.71. The highest BCUT2D eigenvalue weighted by Crippen LogP contribution is 2.26. The molecule has 0 amide bonds. The quantitative estimate of drug-likeness (QED) is 0.378. The Morgan fingerprint density at radius 3 is 1.67 bits per heavy atom. The van der Waals surface area contributed by atoms with Crippen LogP contribution in [0.5, 0.6) is 0 Å². The summed E-state index contributed by atoms with van der Waals surface area (Å²) in [7, 11) is -4.16. The van der Waals surface area contributed by atoms with Gasteiger partial charge in [-0.15, -0.1) is 0 Å². The monoisotopic (exact) mass is 163 g/mol. The van der Waals surface area contributed by atoms with Gasteiger partial charge in [-0.3, -0.25) is 15.6 Å². The van der Waals surface area contributed by atoms with Crippen LogP contribution in [-0.4, -0.2) is 6.30 Å². The molecule has 0 saturated carbocycles. The van der Waals surface area contributed by atoms with Crippen molar-refractivity contribution in [2.75, 3.05) is 0 Å². The van der Waals surface area contributed by atoms with Crippen LogP contribution in [0.1, 0.15) is 0 Å². The molecule has 0 aliphatic rings. The second-order valence-electron chi connectivity index (χ2n) is 1.32. The van der Waals surface area contributed by atoms with Crippen LogP contribution in [0, 0.1) is 0 Å². The molecule has 0 aliphatic carbocycles. The second-order valence-corrected chi connectivity index (χ2v) is 2.96. The molecular weight excluding hydrogens is 158 g/mol. The Hall–Kier alpha value is -0.100. The van der Waals surface area contributed by atoms with Crippen LogP contribution in [0.15, 0.2) is 0 Å². The summed E-state index contributed by atoms with van der Waals surface area (Å²) in [6.07, 6.45) is -4.78. The summed E-state index contributed by atoms with van der Waals surface area (Å²) in [5, 5.41) is 0.569. The molecule has 9 heavy (non-hydrogen) atoms. The average molecular weight is 163 g/mol. The standard InChI is InChI=1S/CH5F3N3OP/c2-1(3,4)7-9(5,6)8/h(H5,5,6,7,8). The minimum absolute atomic E-state index is 0.569. The Kier molecular flexibility index (Phi) is 2.24. The predicted molar refractivity (Wildman–Crippen MR) is 25.2 cm³/mol. The molecule has 0 fully saturated rings. The lowest BCUT2D eigenvalue weighted by Gasteiger charge is -2.10. The van der Waals surface area contributed by atoms with Crippen molar-refractivity contribution in [3.63, 3.8) is 0 Å². The molecule has 0 aromatic rings. The van der Waals surface area contributed by atoms with Crippen molar-refractivity contribution < 1.29 is 17.7 Å². The third kappa shape index (κ3) is 7.90. The number of hydrogen-bond donors (Lipinski definition) is 3. The van der Waals surface area contributed by atoms with E-state index in [9.17, 15) is 17.7 Å². The number of halogens is 3. The Morgan fingerprint density at radius 2 is 1.67 bits per heavy atom. The van der Waals surface area contributed by atoms with Gasteiger partial charge in [-0.25, -0.2) is 0 Å². The predicted octanol–water partition coefficient (Wildman–Crippen LogP) is 0.121. The first-order valence-electron chi connectivity index (χ1n) is 1.74. The van der Waals surface area contributed by atoms with Gasteiger partial charge in [-0.05, 0) is 0 Å². The van der Waals surface area contributed by atoms with E-state index in [0.29, 0.717) is 5.09 Å². The summed E-state index contributed by atoms with van der Waals surface area (Å²) >= 11 is 0. The van der Waals surface area contributed by atoms with Crippen LogP contribution < -0.4 is 16.1 Å². The molecule has 0 bridgehead atoms. The van der Waals surface area contributed by atoms with Gasteiger partial charge in [0.25, 0.3) is 7.59 Å². The van der Waals surface area contributed by atoms with Gasteiger partial charge in [-0.1, -0.05) is 0 Å². The van der Waals surface area contributed by atoms with Crippen molar-refractivity contribution in [3.05, 3.63) is 0 Å². The molecule has 0 unspecified atom stereocenters. The highest BCUT2D eigenvalue weighted by Gasteiger charge is 2.33. The molecule has 0 aromatic carbocycles. The SMILES string of the molecule is NP(N)(=O)NC(F)(F)F. The van der Waals surface area contributed by atoms with Crippen LogP contribution in [0.2, 0.25) is 0 Å². The van der Waals surface area contributed by atoms with E-state index in [1.54, 1.807) is 0 Å². The normalized spacial score (nSPS) is 13.9. The van der Waals surface area contributed by atoms with Crippen molar-refractivity contribution in [2.24, 2.45) is 11.0 Å². The van der Waals surface area contributed by atoms with E-state index < -0.39 is 13.9 Å². The van der Waals surface area contributed by atoms with Gasteiger partial charge in [0, 0.05) is 0 Å². The number of alkyl halides is 3. The largest absolute Gasteiger partial charge is 0.464 e. The molecule has 0 saturated heterocycles. The van der Waals surface area contributed by atoms with Gasteiger partial charge < -0.3 is 0 Å². The maximum absolute atomic E-state index is 11.1. The average Bonchev–Trinajstić information content (AvgIpc) is 1.14. The lowest BCUT2D eigenvalue weighted by atomic mass is 11.3. The van der Waals surface area contributed by atoms with Crippen LogP contribution in [-0.2, 0) is 4.57 Å². The number of rotatable bonds is 1. The first-order valence-corrected chi connectivity index (χ1v) is 3.58. The fraction of sp³-hybridized carbons (Fsp3) is 1.00. The molecule has 5 N–H and O–H groups in total. The highest BCUT2D eigenvalue weighted by molar-refractivity contribution is 7.56. The summed E-state index contributed by atoms with van der Waals surface area (Å²) in [4.78, 5) is 0. The van der Waals surface area contributed by atoms with E-state index >= 15 is 0 Å². The molecule has 4 nitrogen and oxygen atoms in total. The summed E-state index contributed by atoms with van der Waals surface area (Å²) < 4.78 is 43.3. The van der Waals surface area contributed by atoms with Gasteiger partial charge in [0.15, 0.2) is 0 Å². The van der Waals surface area contributed by atoms with E-state index in [-0.39, 0.29) is 0 Å². The zero-order valence-electron chi connectivity index (χ0n) is 4.14. The van der Waals surface area contributed by atoms with Crippen LogP contribution >= 0.6 is 7.59 Å². The van der Waals surface area contributed by atoms with Crippen LogP contribution in [0.3, 0.4) is 0 Å². The van der Waals surface area contributed by atoms with Gasteiger partial charge in [0.1, 0.15) is 0 Å². The molecule has 0 spiro atoms. The van der Waals surface area contributed by atoms with Crippen LogP contribution in [0.25, 0.3) is 0 Å². The summed E-state index contributed by atoms with van der Waals surface area (Å²) in [6.45, 7) is 0. The molecule has 0 rings (SSSR count). The Morgan fingerprint density at radius 1 is 1.33 bits per heavy atom. The fourth-order valence-corrected chi connectivity index (χ4v) is 0.594. The molecular formula is CH5F3N3OP. The fourth-order valence-electron chi connectivity index (χ4n) is 0.198. The van der Waals surface area contributed by atoms with E-state index in [1.165, 1.54) is 0 Å². The third-order valence-electron chi connectivity index (χ3n) is 0.302. The van der Waals surface area contributed by atoms with Crippen molar-refractivity contribution in [1.29, 1.82) is 0 Å². The Bertz CT molecular complexity index is 136. The van der Waals surface area contributed by atoms with E-state index in [2.05, 4.69) is 11.0 Å². The number of hydrogen-bond acceptors (Lipinski definition) is 1. The molecule has 0 aromatic heterocycles. The highest BCUT2D eigenvalue weighted by atomic mass is 31.2. The molecule has 8 heteroatoms. The second kappa shape index (κ2) is 2.26. The summed E-state index contributed by atoms with van der Waals surface area (Å²) in [5.41, 5.74) is 8.65. The molecule has 0 aliphatic heterocycles. The molecule has 0 atom stereocenters. The topological polar surface area (TPSA) is 81.1 Å². The molecule has 0 heterocycles. The molecule has 56 valence electrons. The van der Waals surface area contributed by atoms with Crippen LogP contribution in [0.4, 0.5) is 13.2 Å². The Labute approximate surface area is 48.9 Å². The minimum atomic E-state index is -4.78.